The number of amides is 2. The van der Waals surface area contributed by atoms with Gasteiger partial charge in [-0.1, -0.05) is 31.0 Å². The number of carbonyl (C=O) groups is 1. The van der Waals surface area contributed by atoms with Gasteiger partial charge < -0.3 is 15.3 Å². The van der Waals surface area contributed by atoms with E-state index in [-0.39, 0.29) is 6.03 Å². The maximum absolute atomic E-state index is 13.1. The number of aliphatic hydroxyl groups is 1. The van der Waals surface area contributed by atoms with E-state index in [4.69, 9.17) is 0 Å². The first-order chi connectivity index (χ1) is 12.3. The molecule has 2 N–H and O–H groups in total. The minimum atomic E-state index is -4.37. The molecule has 1 aromatic rings. The third-order valence-corrected chi connectivity index (χ3v) is 5.62. The summed E-state index contributed by atoms with van der Waals surface area (Å²) in [6.45, 7) is 1.22. The number of hydrogen-bond donors (Lipinski definition) is 2. The third kappa shape index (κ3) is 4.14. The Balaban J connectivity index is 1.73. The van der Waals surface area contributed by atoms with Crippen LogP contribution in [0.3, 0.4) is 0 Å². The van der Waals surface area contributed by atoms with Gasteiger partial charge in [-0.25, -0.2) is 4.79 Å². The maximum Gasteiger partial charge on any atom is 0.416 e. The van der Waals surface area contributed by atoms with E-state index in [1.54, 1.807) is 11.0 Å². The second-order valence-electron chi connectivity index (χ2n) is 7.47. The zero-order valence-corrected chi connectivity index (χ0v) is 14.7. The summed E-state index contributed by atoms with van der Waals surface area (Å²) in [5.74, 6) is 0. The standard InChI is InChI=1S/C19H25F3N2O2/c20-19(21,22)15-6-3-5-14(11-15)18(8-1-2-9-18)13-23-17(26)24-10-4-7-16(25)12-24/h3,5-6,11,16,25H,1-2,4,7-10,12-13H2,(H,23,26)/t16-/m0/s1. The Morgan fingerprint density at radius 2 is 2.00 bits per heavy atom. The van der Waals surface area contributed by atoms with E-state index in [0.717, 1.165) is 38.2 Å². The highest BCUT2D eigenvalue weighted by Crippen LogP contribution is 2.42. The molecule has 2 fully saturated rings. The van der Waals surface area contributed by atoms with Gasteiger partial charge in [-0.3, -0.25) is 0 Å². The predicted octanol–water partition coefficient (Wildman–Crippen LogP) is 3.68. The fourth-order valence-corrected chi connectivity index (χ4v) is 4.14. The topological polar surface area (TPSA) is 52.6 Å². The van der Waals surface area contributed by atoms with Crippen molar-refractivity contribution in [3.63, 3.8) is 0 Å². The SMILES string of the molecule is O=C(NCC1(c2cccc(C(F)(F)F)c2)CCCC1)N1CCC[C@H](O)C1. The van der Waals surface area contributed by atoms with E-state index in [2.05, 4.69) is 5.32 Å². The van der Waals surface area contributed by atoms with Crippen LogP contribution in [-0.2, 0) is 11.6 Å². The van der Waals surface area contributed by atoms with Gasteiger partial charge in [-0.2, -0.15) is 13.2 Å². The van der Waals surface area contributed by atoms with Crippen LogP contribution in [-0.4, -0.2) is 41.8 Å². The summed E-state index contributed by atoms with van der Waals surface area (Å²) >= 11 is 0. The fourth-order valence-electron chi connectivity index (χ4n) is 4.14. The lowest BCUT2D eigenvalue weighted by Crippen LogP contribution is -2.50. The Kier molecular flexibility index (Phi) is 5.46. The van der Waals surface area contributed by atoms with Gasteiger partial charge in [0.25, 0.3) is 0 Å². The van der Waals surface area contributed by atoms with Gasteiger partial charge in [0.1, 0.15) is 0 Å². The summed E-state index contributed by atoms with van der Waals surface area (Å²) in [6, 6.07) is 5.24. The van der Waals surface area contributed by atoms with Crippen molar-refractivity contribution in [3.05, 3.63) is 35.4 Å². The maximum atomic E-state index is 13.1. The summed E-state index contributed by atoms with van der Waals surface area (Å²) in [6.07, 6.45) is -0.0235. The second kappa shape index (κ2) is 7.47. The number of hydrogen-bond acceptors (Lipinski definition) is 2. The molecule has 1 saturated carbocycles. The second-order valence-corrected chi connectivity index (χ2v) is 7.47. The number of piperidine rings is 1. The van der Waals surface area contributed by atoms with Crippen molar-refractivity contribution < 1.29 is 23.1 Å². The predicted molar refractivity (Wildman–Crippen MR) is 91.8 cm³/mol. The van der Waals surface area contributed by atoms with Crippen molar-refractivity contribution in [1.29, 1.82) is 0 Å². The van der Waals surface area contributed by atoms with Crippen molar-refractivity contribution in [3.8, 4) is 0 Å². The molecule has 2 aliphatic rings. The van der Waals surface area contributed by atoms with Crippen LogP contribution in [0.25, 0.3) is 0 Å². The quantitative estimate of drug-likeness (QED) is 0.853. The van der Waals surface area contributed by atoms with Crippen LogP contribution in [0.5, 0.6) is 0 Å². The van der Waals surface area contributed by atoms with Gasteiger partial charge in [0, 0.05) is 25.0 Å². The van der Waals surface area contributed by atoms with Crippen molar-refractivity contribution in [2.75, 3.05) is 19.6 Å². The zero-order valence-electron chi connectivity index (χ0n) is 14.7. The van der Waals surface area contributed by atoms with E-state index in [1.807, 2.05) is 0 Å². The highest BCUT2D eigenvalue weighted by atomic mass is 19.4. The molecular weight excluding hydrogens is 345 g/mol. The number of benzene rings is 1. The molecule has 1 atom stereocenters. The van der Waals surface area contributed by atoms with Crippen LogP contribution in [0, 0.1) is 0 Å². The molecule has 4 nitrogen and oxygen atoms in total. The van der Waals surface area contributed by atoms with Gasteiger partial charge in [0.05, 0.1) is 11.7 Å². The average Bonchev–Trinajstić information content (AvgIpc) is 3.09. The number of nitrogens with one attached hydrogen (secondary N) is 1. The molecular formula is C19H25F3N2O2. The van der Waals surface area contributed by atoms with E-state index in [0.29, 0.717) is 31.6 Å². The lowest BCUT2D eigenvalue weighted by atomic mass is 9.78. The molecule has 0 radical (unpaired) electrons. The zero-order chi connectivity index (χ0) is 18.8. The Hall–Kier alpha value is -1.76. The highest BCUT2D eigenvalue weighted by molar-refractivity contribution is 5.74. The van der Waals surface area contributed by atoms with Crippen molar-refractivity contribution in [2.24, 2.45) is 0 Å². The summed E-state index contributed by atoms with van der Waals surface area (Å²) in [7, 11) is 0. The van der Waals surface area contributed by atoms with E-state index >= 15 is 0 Å². The summed E-state index contributed by atoms with van der Waals surface area (Å²) in [5.41, 5.74) is -0.457. The Morgan fingerprint density at radius 1 is 1.27 bits per heavy atom. The molecule has 0 spiro atoms. The first-order valence-corrected chi connectivity index (χ1v) is 9.19. The molecule has 1 aromatic carbocycles. The van der Waals surface area contributed by atoms with Crippen LogP contribution in [0.15, 0.2) is 24.3 Å². The molecule has 26 heavy (non-hydrogen) atoms. The van der Waals surface area contributed by atoms with Crippen LogP contribution < -0.4 is 5.32 Å². The number of β-amino-alcohol motifs (C(OH)–C–C–N with tert-alkyl or cyclic N) is 1. The monoisotopic (exact) mass is 370 g/mol. The van der Waals surface area contributed by atoms with E-state index in [9.17, 15) is 23.1 Å². The first-order valence-electron chi connectivity index (χ1n) is 9.19. The minimum Gasteiger partial charge on any atom is -0.391 e. The first kappa shape index (κ1) is 19.0. The number of alkyl halides is 3. The molecule has 0 aromatic heterocycles. The Bertz CT molecular complexity index is 642. The van der Waals surface area contributed by atoms with Crippen LogP contribution in [0.4, 0.5) is 18.0 Å². The molecule has 1 saturated heterocycles. The lowest BCUT2D eigenvalue weighted by Gasteiger charge is -2.34. The normalized spacial score (nSPS) is 23.1. The van der Waals surface area contributed by atoms with E-state index in [1.165, 1.54) is 12.1 Å². The average molecular weight is 370 g/mol. The van der Waals surface area contributed by atoms with Gasteiger partial charge in [-0.15, -0.1) is 0 Å². The van der Waals surface area contributed by atoms with E-state index < -0.39 is 23.3 Å². The van der Waals surface area contributed by atoms with Gasteiger partial charge in [-0.05, 0) is 37.3 Å². The number of nitrogens with zero attached hydrogens (tertiary/aromatic N) is 1. The number of carbonyl (C=O) groups excluding carboxylic acids is 1. The smallest absolute Gasteiger partial charge is 0.391 e. The van der Waals surface area contributed by atoms with Gasteiger partial charge in [0.2, 0.25) is 0 Å². The molecule has 0 unspecified atom stereocenters. The molecule has 2 amide bonds. The van der Waals surface area contributed by atoms with Crippen molar-refractivity contribution in [1.82, 2.24) is 10.2 Å². The molecule has 0 bridgehead atoms. The number of rotatable bonds is 3. The van der Waals surface area contributed by atoms with Crippen molar-refractivity contribution >= 4 is 6.03 Å². The molecule has 1 heterocycles. The summed E-state index contributed by atoms with van der Waals surface area (Å²) < 4.78 is 39.2. The third-order valence-electron chi connectivity index (χ3n) is 5.62. The van der Waals surface area contributed by atoms with Gasteiger partial charge in [0.15, 0.2) is 0 Å². The molecule has 1 aliphatic heterocycles. The lowest BCUT2D eigenvalue weighted by molar-refractivity contribution is -0.137. The fraction of sp³-hybridized carbons (Fsp3) is 0.632. The molecule has 7 heteroatoms. The molecule has 3 rings (SSSR count). The number of likely N-dealkylation sites (tertiary alicyclic amines) is 1. The Morgan fingerprint density at radius 3 is 2.65 bits per heavy atom. The number of halogens is 3. The summed E-state index contributed by atoms with van der Waals surface area (Å²) in [4.78, 5) is 14.0. The molecule has 1 aliphatic carbocycles. The minimum absolute atomic E-state index is 0.248. The Labute approximate surface area is 151 Å². The van der Waals surface area contributed by atoms with Crippen LogP contribution >= 0.6 is 0 Å². The number of urea groups is 1. The van der Waals surface area contributed by atoms with Gasteiger partial charge >= 0.3 is 12.2 Å². The highest BCUT2D eigenvalue weighted by Gasteiger charge is 2.38. The van der Waals surface area contributed by atoms with Crippen molar-refractivity contribution in [2.45, 2.75) is 56.2 Å². The van der Waals surface area contributed by atoms with Crippen LogP contribution in [0.2, 0.25) is 0 Å². The summed E-state index contributed by atoms with van der Waals surface area (Å²) in [5, 5.41) is 12.6. The number of aliphatic hydroxyl groups excluding tert-OH is 1. The van der Waals surface area contributed by atoms with Crippen LogP contribution in [0.1, 0.15) is 49.7 Å². The largest absolute Gasteiger partial charge is 0.416 e. The molecule has 144 valence electrons.